The maximum atomic E-state index is 14.4. The van der Waals surface area contributed by atoms with E-state index in [0.29, 0.717) is 5.69 Å². The van der Waals surface area contributed by atoms with Crippen molar-refractivity contribution in [3.05, 3.63) is 71.3 Å². The highest BCUT2D eigenvalue weighted by atomic mass is 19.1. The Morgan fingerprint density at radius 1 is 1.03 bits per heavy atom. The minimum Gasteiger partial charge on any atom is -0.356 e. The molecule has 3 aliphatic heterocycles. The predicted molar refractivity (Wildman–Crippen MR) is 141 cm³/mol. The smallest absolute Gasteiger partial charge is 0.246 e. The summed E-state index contributed by atoms with van der Waals surface area (Å²) in [6.45, 7) is 5.48. The molecule has 4 aliphatic rings. The highest BCUT2D eigenvalue weighted by molar-refractivity contribution is 6.12. The molecule has 1 aliphatic carbocycles. The SMILES string of the molecule is Cc1ccc(N2C(=O)[C@@H]3[C@H](C(=O)Nc4c(F)cccc4F)[C@]4(C)C=C[C@@]3(O4)[C@H]2C(=O)NC2CCCC2)c(C)c1. The lowest BCUT2D eigenvalue weighted by Gasteiger charge is -2.34. The van der Waals surface area contributed by atoms with Gasteiger partial charge in [0, 0.05) is 11.7 Å². The lowest BCUT2D eigenvalue weighted by atomic mass is 9.70. The van der Waals surface area contributed by atoms with Crippen molar-refractivity contribution in [3.8, 4) is 0 Å². The third kappa shape index (κ3) is 3.81. The number of halogens is 2. The van der Waals surface area contributed by atoms with E-state index >= 15 is 0 Å². The number of aryl methyl sites for hydroxylation is 2. The molecule has 0 unspecified atom stereocenters. The Labute approximate surface area is 225 Å². The standard InChI is InChI=1S/C30H31F2N3O4/c1-16-11-12-21(17(2)15-16)35-25(27(37)33-18-7-4-5-8-18)30-14-13-29(3,39-30)22(23(30)28(35)38)26(36)34-24-19(31)9-6-10-20(24)32/h6,9-15,18,22-23,25H,4-5,7-8H2,1-3H3,(H,33,37)(H,34,36)/t22-,23+,25-,29+,30+/m1/s1. The fourth-order valence-corrected chi connectivity index (χ4v) is 7.04. The van der Waals surface area contributed by atoms with Gasteiger partial charge in [-0.3, -0.25) is 19.3 Å². The summed E-state index contributed by atoms with van der Waals surface area (Å²) in [6.07, 6.45) is 7.18. The second-order valence-corrected chi connectivity index (χ2v) is 11.4. The predicted octanol–water partition coefficient (Wildman–Crippen LogP) is 4.32. The summed E-state index contributed by atoms with van der Waals surface area (Å²) >= 11 is 0. The van der Waals surface area contributed by atoms with Crippen molar-refractivity contribution in [1.82, 2.24) is 5.32 Å². The monoisotopic (exact) mass is 535 g/mol. The van der Waals surface area contributed by atoms with Crippen molar-refractivity contribution in [2.75, 3.05) is 10.2 Å². The number of amides is 3. The first kappa shape index (κ1) is 25.7. The van der Waals surface area contributed by atoms with E-state index in [-0.39, 0.29) is 11.9 Å². The van der Waals surface area contributed by atoms with Gasteiger partial charge >= 0.3 is 0 Å². The quantitative estimate of drug-likeness (QED) is 0.559. The summed E-state index contributed by atoms with van der Waals surface area (Å²) < 4.78 is 35.3. The molecule has 1 spiro atoms. The number of fused-ring (bicyclic) bond motifs is 1. The average molecular weight is 536 g/mol. The molecule has 9 heteroatoms. The third-order valence-corrected chi connectivity index (χ3v) is 8.75. The molecule has 39 heavy (non-hydrogen) atoms. The van der Waals surface area contributed by atoms with Crippen LogP contribution in [0.2, 0.25) is 0 Å². The van der Waals surface area contributed by atoms with Gasteiger partial charge in [0.1, 0.15) is 29.0 Å². The van der Waals surface area contributed by atoms with Gasteiger partial charge in [0.25, 0.3) is 0 Å². The van der Waals surface area contributed by atoms with Crippen LogP contribution in [-0.4, -0.2) is 41.0 Å². The molecule has 5 atom stereocenters. The molecule has 0 aromatic heterocycles. The fourth-order valence-electron chi connectivity index (χ4n) is 7.04. The van der Waals surface area contributed by atoms with Gasteiger partial charge in [-0.2, -0.15) is 0 Å². The molecule has 3 fully saturated rings. The molecule has 7 nitrogen and oxygen atoms in total. The first-order valence-electron chi connectivity index (χ1n) is 13.4. The minimum absolute atomic E-state index is 0.00492. The van der Waals surface area contributed by atoms with Crippen molar-refractivity contribution >= 4 is 29.1 Å². The number of rotatable bonds is 5. The Morgan fingerprint density at radius 3 is 2.38 bits per heavy atom. The van der Waals surface area contributed by atoms with Gasteiger partial charge in [-0.1, -0.05) is 48.8 Å². The Morgan fingerprint density at radius 2 is 1.72 bits per heavy atom. The van der Waals surface area contributed by atoms with Gasteiger partial charge in [0.15, 0.2) is 0 Å². The van der Waals surface area contributed by atoms with E-state index < -0.39 is 58.2 Å². The van der Waals surface area contributed by atoms with Crippen LogP contribution in [0.5, 0.6) is 0 Å². The second-order valence-electron chi connectivity index (χ2n) is 11.4. The van der Waals surface area contributed by atoms with E-state index in [9.17, 15) is 23.2 Å². The molecule has 2 saturated heterocycles. The maximum Gasteiger partial charge on any atom is 0.246 e. The maximum absolute atomic E-state index is 14.4. The lowest BCUT2D eigenvalue weighted by Crippen LogP contribution is -2.56. The number of ether oxygens (including phenoxy) is 1. The summed E-state index contributed by atoms with van der Waals surface area (Å²) in [5.74, 6) is -5.56. The van der Waals surface area contributed by atoms with E-state index in [1.165, 1.54) is 11.0 Å². The summed E-state index contributed by atoms with van der Waals surface area (Å²) in [5, 5.41) is 5.49. The van der Waals surface area contributed by atoms with E-state index in [0.717, 1.165) is 48.9 Å². The van der Waals surface area contributed by atoms with Crippen LogP contribution in [0.4, 0.5) is 20.2 Å². The normalized spacial score (nSPS) is 31.2. The number of hydrogen-bond acceptors (Lipinski definition) is 4. The van der Waals surface area contributed by atoms with Crippen LogP contribution in [0.15, 0.2) is 48.6 Å². The first-order chi connectivity index (χ1) is 18.6. The molecule has 2 aromatic rings. The van der Waals surface area contributed by atoms with Crippen molar-refractivity contribution in [1.29, 1.82) is 0 Å². The van der Waals surface area contributed by atoms with Gasteiger partial charge < -0.3 is 15.4 Å². The summed E-state index contributed by atoms with van der Waals surface area (Å²) in [7, 11) is 0. The molecule has 204 valence electrons. The molecule has 2 bridgehead atoms. The largest absolute Gasteiger partial charge is 0.356 e. The zero-order valence-electron chi connectivity index (χ0n) is 22.1. The zero-order chi connectivity index (χ0) is 27.7. The third-order valence-electron chi connectivity index (χ3n) is 8.75. The number of carbonyl (C=O) groups excluding carboxylic acids is 3. The van der Waals surface area contributed by atoms with Crippen molar-refractivity contribution in [2.24, 2.45) is 11.8 Å². The number of nitrogens with zero attached hydrogens (tertiary/aromatic N) is 1. The summed E-state index contributed by atoms with van der Waals surface area (Å²) in [5.41, 5.74) is -0.877. The molecule has 2 aromatic carbocycles. The van der Waals surface area contributed by atoms with Gasteiger partial charge in [-0.25, -0.2) is 8.78 Å². The van der Waals surface area contributed by atoms with Gasteiger partial charge in [-0.15, -0.1) is 0 Å². The highest BCUT2D eigenvalue weighted by Gasteiger charge is 2.76. The van der Waals surface area contributed by atoms with Crippen LogP contribution in [-0.2, 0) is 19.1 Å². The number of carbonyl (C=O) groups is 3. The van der Waals surface area contributed by atoms with Gasteiger partial charge in [0.05, 0.1) is 17.4 Å². The Hall–Kier alpha value is -3.59. The number of benzene rings is 2. The average Bonchev–Trinajstić information content (AvgIpc) is 3.61. The lowest BCUT2D eigenvalue weighted by molar-refractivity contribution is -0.131. The van der Waals surface area contributed by atoms with E-state index in [1.807, 2.05) is 26.0 Å². The number of para-hydroxylation sites is 1. The Bertz CT molecular complexity index is 1400. The van der Waals surface area contributed by atoms with Crippen LogP contribution in [0.25, 0.3) is 0 Å². The van der Waals surface area contributed by atoms with Crippen LogP contribution in [0.1, 0.15) is 43.7 Å². The molecule has 2 N–H and O–H groups in total. The molecule has 3 heterocycles. The molecule has 3 amide bonds. The Balaban J connectivity index is 1.43. The minimum atomic E-state index is -1.42. The van der Waals surface area contributed by atoms with Crippen LogP contribution < -0.4 is 15.5 Å². The van der Waals surface area contributed by atoms with Crippen molar-refractivity contribution in [2.45, 2.75) is 69.7 Å². The number of hydrogen-bond donors (Lipinski definition) is 2. The summed E-state index contributed by atoms with van der Waals surface area (Å²) in [4.78, 5) is 43.4. The van der Waals surface area contributed by atoms with E-state index in [4.69, 9.17) is 4.74 Å². The first-order valence-corrected chi connectivity index (χ1v) is 13.4. The zero-order valence-corrected chi connectivity index (χ0v) is 22.1. The molecular weight excluding hydrogens is 504 g/mol. The molecule has 0 radical (unpaired) electrons. The second kappa shape index (κ2) is 8.98. The molecular formula is C30H31F2N3O4. The van der Waals surface area contributed by atoms with Crippen LogP contribution >= 0.6 is 0 Å². The summed E-state index contributed by atoms with van der Waals surface area (Å²) in [6, 6.07) is 7.85. The van der Waals surface area contributed by atoms with E-state index in [2.05, 4.69) is 10.6 Å². The highest BCUT2D eigenvalue weighted by Crippen LogP contribution is 2.60. The number of nitrogens with one attached hydrogen (secondary N) is 2. The fraction of sp³-hybridized carbons (Fsp3) is 0.433. The van der Waals surface area contributed by atoms with E-state index in [1.54, 1.807) is 25.1 Å². The topological polar surface area (TPSA) is 87.7 Å². The van der Waals surface area contributed by atoms with Crippen LogP contribution in [0, 0.1) is 37.3 Å². The van der Waals surface area contributed by atoms with Crippen LogP contribution in [0.3, 0.4) is 0 Å². The van der Waals surface area contributed by atoms with Gasteiger partial charge in [-0.05, 0) is 57.4 Å². The van der Waals surface area contributed by atoms with Crippen molar-refractivity contribution in [3.63, 3.8) is 0 Å². The molecule has 1 saturated carbocycles. The Kier molecular flexibility index (Phi) is 5.91. The van der Waals surface area contributed by atoms with Crippen molar-refractivity contribution < 1.29 is 27.9 Å². The van der Waals surface area contributed by atoms with Gasteiger partial charge in [0.2, 0.25) is 17.7 Å². The molecule has 6 rings (SSSR count). The number of anilines is 2.